The van der Waals surface area contributed by atoms with Crippen LogP contribution >= 0.6 is 23.1 Å². The number of carbonyl (C=O) groups is 1. The predicted molar refractivity (Wildman–Crippen MR) is 111 cm³/mol. The number of benzene rings is 2. The number of amides is 1. The Morgan fingerprint density at radius 2 is 1.92 bits per heavy atom. The van der Waals surface area contributed by atoms with E-state index in [9.17, 15) is 4.79 Å². The molecule has 0 saturated heterocycles. The fraction of sp³-hybridized carbons (Fsp3) is 0.190. The predicted octanol–water partition coefficient (Wildman–Crippen LogP) is 5.92. The van der Waals surface area contributed by atoms with E-state index in [4.69, 9.17) is 4.74 Å². The molecule has 0 aliphatic rings. The van der Waals surface area contributed by atoms with Crippen LogP contribution in [0.4, 0.5) is 5.69 Å². The van der Waals surface area contributed by atoms with E-state index >= 15 is 0 Å². The Labute approximate surface area is 162 Å². The van der Waals surface area contributed by atoms with Crippen LogP contribution in [0.3, 0.4) is 0 Å². The Balaban J connectivity index is 1.80. The van der Waals surface area contributed by atoms with Gasteiger partial charge in [0.2, 0.25) is 0 Å². The second kappa shape index (κ2) is 8.43. The zero-order chi connectivity index (χ0) is 18.5. The number of rotatable bonds is 6. The highest BCUT2D eigenvalue weighted by Crippen LogP contribution is 2.31. The van der Waals surface area contributed by atoms with E-state index < -0.39 is 0 Å². The van der Waals surface area contributed by atoms with Gasteiger partial charge in [-0.1, -0.05) is 24.3 Å². The molecule has 0 bridgehead atoms. The third-order valence-electron chi connectivity index (χ3n) is 4.14. The van der Waals surface area contributed by atoms with E-state index in [-0.39, 0.29) is 5.91 Å². The Hall–Kier alpha value is -2.24. The lowest BCUT2D eigenvalue weighted by atomic mass is 10.1. The first-order chi connectivity index (χ1) is 12.6. The van der Waals surface area contributed by atoms with Crippen molar-refractivity contribution in [3.05, 3.63) is 75.5 Å². The maximum absolute atomic E-state index is 12.9. The van der Waals surface area contributed by atoms with Crippen LogP contribution in [-0.4, -0.2) is 13.0 Å². The second-order valence-electron chi connectivity index (χ2n) is 5.91. The molecule has 3 rings (SSSR count). The Bertz CT molecular complexity index is 904. The number of aryl methyl sites for hydroxylation is 1. The maximum Gasteiger partial charge on any atom is 0.256 e. The number of thioether (sulfide) groups is 1. The van der Waals surface area contributed by atoms with Crippen molar-refractivity contribution >= 4 is 34.7 Å². The molecule has 0 spiro atoms. The van der Waals surface area contributed by atoms with Crippen molar-refractivity contribution in [3.63, 3.8) is 0 Å². The van der Waals surface area contributed by atoms with Gasteiger partial charge in [0.25, 0.3) is 5.91 Å². The zero-order valence-corrected chi connectivity index (χ0v) is 16.7. The molecular formula is C21H21NO2S2. The van der Waals surface area contributed by atoms with E-state index in [1.54, 1.807) is 30.2 Å². The molecule has 0 saturated carbocycles. The standard InChI is InChI=1S/C21H21NO2S2/c1-14-10-11-18(15(2)20(14)24-3)22-21(23)17-8-4-5-9-19(17)26-13-16-7-6-12-25-16/h4-12H,13H2,1-3H3,(H,22,23). The smallest absolute Gasteiger partial charge is 0.256 e. The minimum Gasteiger partial charge on any atom is -0.496 e. The molecule has 0 aliphatic heterocycles. The van der Waals surface area contributed by atoms with Gasteiger partial charge in [0.05, 0.1) is 12.7 Å². The lowest BCUT2D eigenvalue weighted by Gasteiger charge is -2.15. The topological polar surface area (TPSA) is 38.3 Å². The Kier molecular flexibility index (Phi) is 6.01. The van der Waals surface area contributed by atoms with Gasteiger partial charge in [-0.05, 0) is 49.1 Å². The van der Waals surface area contributed by atoms with Crippen LogP contribution in [0.5, 0.6) is 5.75 Å². The van der Waals surface area contributed by atoms with Gasteiger partial charge in [0, 0.05) is 26.8 Å². The summed E-state index contributed by atoms with van der Waals surface area (Å²) in [6.45, 7) is 3.95. The molecule has 3 nitrogen and oxygen atoms in total. The number of methoxy groups -OCH3 is 1. The fourth-order valence-electron chi connectivity index (χ4n) is 2.79. The molecule has 1 aromatic heterocycles. The summed E-state index contributed by atoms with van der Waals surface area (Å²) in [6, 6.07) is 15.8. The van der Waals surface area contributed by atoms with Crippen molar-refractivity contribution < 1.29 is 9.53 Å². The van der Waals surface area contributed by atoms with Crippen LogP contribution in [0.2, 0.25) is 0 Å². The largest absolute Gasteiger partial charge is 0.496 e. The monoisotopic (exact) mass is 383 g/mol. The van der Waals surface area contributed by atoms with Gasteiger partial charge in [-0.25, -0.2) is 0 Å². The number of ether oxygens (including phenoxy) is 1. The number of nitrogens with one attached hydrogen (secondary N) is 1. The van der Waals surface area contributed by atoms with Gasteiger partial charge < -0.3 is 10.1 Å². The summed E-state index contributed by atoms with van der Waals surface area (Å²) < 4.78 is 5.45. The van der Waals surface area contributed by atoms with E-state index in [2.05, 4.69) is 16.8 Å². The second-order valence-corrected chi connectivity index (χ2v) is 7.96. The highest BCUT2D eigenvalue weighted by molar-refractivity contribution is 7.98. The van der Waals surface area contributed by atoms with E-state index in [1.165, 1.54) is 4.88 Å². The summed E-state index contributed by atoms with van der Waals surface area (Å²) in [5.74, 6) is 1.57. The van der Waals surface area contributed by atoms with Crippen molar-refractivity contribution in [3.8, 4) is 5.75 Å². The van der Waals surface area contributed by atoms with Crippen molar-refractivity contribution in [2.45, 2.75) is 24.5 Å². The minimum absolute atomic E-state index is 0.103. The number of hydrogen-bond donors (Lipinski definition) is 1. The van der Waals surface area contributed by atoms with Crippen molar-refractivity contribution in [1.29, 1.82) is 0 Å². The molecule has 0 fully saturated rings. The van der Waals surface area contributed by atoms with Crippen LogP contribution < -0.4 is 10.1 Å². The average Bonchev–Trinajstić information content (AvgIpc) is 3.16. The van der Waals surface area contributed by atoms with Gasteiger partial charge in [-0.2, -0.15) is 0 Å². The molecule has 1 amide bonds. The summed E-state index contributed by atoms with van der Waals surface area (Å²) in [5, 5.41) is 5.10. The van der Waals surface area contributed by atoms with Crippen molar-refractivity contribution in [1.82, 2.24) is 0 Å². The van der Waals surface area contributed by atoms with E-state index in [0.717, 1.165) is 33.2 Å². The zero-order valence-electron chi connectivity index (χ0n) is 15.0. The molecule has 26 heavy (non-hydrogen) atoms. The van der Waals surface area contributed by atoms with Gasteiger partial charge in [-0.3, -0.25) is 4.79 Å². The van der Waals surface area contributed by atoms with Crippen LogP contribution in [0.1, 0.15) is 26.4 Å². The molecule has 1 heterocycles. The highest BCUT2D eigenvalue weighted by atomic mass is 32.2. The first-order valence-corrected chi connectivity index (χ1v) is 10.2. The van der Waals surface area contributed by atoms with Gasteiger partial charge in [0.1, 0.15) is 5.75 Å². The number of anilines is 1. The molecule has 0 unspecified atom stereocenters. The number of thiophene rings is 1. The summed E-state index contributed by atoms with van der Waals surface area (Å²) in [4.78, 5) is 15.1. The molecule has 134 valence electrons. The molecule has 5 heteroatoms. The SMILES string of the molecule is COc1c(C)ccc(NC(=O)c2ccccc2SCc2cccs2)c1C. The van der Waals surface area contributed by atoms with Crippen LogP contribution in [0.15, 0.2) is 58.8 Å². The number of hydrogen-bond acceptors (Lipinski definition) is 4. The van der Waals surface area contributed by atoms with Gasteiger partial charge >= 0.3 is 0 Å². The molecule has 2 aromatic carbocycles. The third-order valence-corrected chi connectivity index (χ3v) is 6.32. The lowest BCUT2D eigenvalue weighted by Crippen LogP contribution is -2.14. The third kappa shape index (κ3) is 4.11. The average molecular weight is 384 g/mol. The minimum atomic E-state index is -0.103. The Morgan fingerprint density at radius 3 is 2.65 bits per heavy atom. The molecule has 0 aliphatic carbocycles. The van der Waals surface area contributed by atoms with Crippen LogP contribution in [-0.2, 0) is 5.75 Å². The van der Waals surface area contributed by atoms with E-state index in [1.807, 2.05) is 56.3 Å². The molecular weight excluding hydrogens is 362 g/mol. The first-order valence-electron chi connectivity index (χ1n) is 8.30. The number of carbonyl (C=O) groups excluding carboxylic acids is 1. The Morgan fingerprint density at radius 1 is 1.12 bits per heavy atom. The molecule has 1 N–H and O–H groups in total. The molecule has 0 atom stereocenters. The summed E-state index contributed by atoms with van der Waals surface area (Å²) in [5.41, 5.74) is 3.45. The summed E-state index contributed by atoms with van der Waals surface area (Å²) in [6.07, 6.45) is 0. The maximum atomic E-state index is 12.9. The fourth-order valence-corrected chi connectivity index (χ4v) is 4.61. The highest BCUT2D eigenvalue weighted by Gasteiger charge is 2.15. The summed E-state index contributed by atoms with van der Waals surface area (Å²) >= 11 is 3.41. The summed E-state index contributed by atoms with van der Waals surface area (Å²) in [7, 11) is 1.65. The van der Waals surface area contributed by atoms with Crippen LogP contribution in [0, 0.1) is 13.8 Å². The normalized spacial score (nSPS) is 10.6. The van der Waals surface area contributed by atoms with Gasteiger partial charge in [0.15, 0.2) is 0 Å². The van der Waals surface area contributed by atoms with Crippen molar-refractivity contribution in [2.75, 3.05) is 12.4 Å². The van der Waals surface area contributed by atoms with Crippen LogP contribution in [0.25, 0.3) is 0 Å². The lowest BCUT2D eigenvalue weighted by molar-refractivity contribution is 0.102. The van der Waals surface area contributed by atoms with Crippen molar-refractivity contribution in [2.24, 2.45) is 0 Å². The first kappa shape index (κ1) is 18.5. The molecule has 0 radical (unpaired) electrons. The quantitative estimate of drug-likeness (QED) is 0.537. The van der Waals surface area contributed by atoms with E-state index in [0.29, 0.717) is 5.56 Å². The van der Waals surface area contributed by atoms with Gasteiger partial charge in [-0.15, -0.1) is 23.1 Å². The molecule has 3 aromatic rings.